The topological polar surface area (TPSA) is 69.6 Å². The van der Waals surface area contributed by atoms with Crippen molar-refractivity contribution in [1.82, 2.24) is 14.4 Å². The van der Waals surface area contributed by atoms with Gasteiger partial charge in [-0.1, -0.05) is 0 Å². The SMILES string of the molecule is CCOC(=O)c1cnc2c(-c3cnco3)cc(C(C)(F)F)cn12. The summed E-state index contributed by atoms with van der Waals surface area (Å²) in [5.74, 6) is -3.46. The average molecular weight is 321 g/mol. The summed E-state index contributed by atoms with van der Waals surface area (Å²) in [6.45, 7) is 2.61. The van der Waals surface area contributed by atoms with Crippen LogP contribution in [0.2, 0.25) is 0 Å². The first kappa shape index (κ1) is 15.1. The van der Waals surface area contributed by atoms with Crippen LogP contribution < -0.4 is 0 Å². The lowest BCUT2D eigenvalue weighted by Gasteiger charge is -2.13. The number of esters is 1. The quantitative estimate of drug-likeness (QED) is 0.690. The van der Waals surface area contributed by atoms with E-state index < -0.39 is 11.9 Å². The minimum Gasteiger partial charge on any atom is -0.461 e. The molecule has 0 saturated heterocycles. The van der Waals surface area contributed by atoms with E-state index in [0.29, 0.717) is 11.2 Å². The van der Waals surface area contributed by atoms with Gasteiger partial charge in [-0.25, -0.2) is 23.5 Å². The Morgan fingerprint density at radius 3 is 2.83 bits per heavy atom. The first-order valence-corrected chi connectivity index (χ1v) is 6.87. The van der Waals surface area contributed by atoms with Crippen molar-refractivity contribution in [2.75, 3.05) is 6.61 Å². The number of nitrogens with zero attached hydrogens (tertiary/aromatic N) is 3. The van der Waals surface area contributed by atoms with E-state index in [4.69, 9.17) is 9.15 Å². The number of imidazole rings is 1. The second-order valence-corrected chi connectivity index (χ2v) is 4.95. The highest BCUT2D eigenvalue weighted by atomic mass is 19.3. The van der Waals surface area contributed by atoms with Gasteiger partial charge in [0.15, 0.2) is 17.8 Å². The second-order valence-electron chi connectivity index (χ2n) is 4.95. The Balaban J connectivity index is 2.28. The van der Waals surface area contributed by atoms with Crippen LogP contribution in [0.5, 0.6) is 0 Å². The summed E-state index contributed by atoms with van der Waals surface area (Å²) in [7, 11) is 0. The lowest BCUT2D eigenvalue weighted by Crippen LogP contribution is -2.12. The van der Waals surface area contributed by atoms with Gasteiger partial charge in [0.25, 0.3) is 5.92 Å². The van der Waals surface area contributed by atoms with E-state index in [0.717, 1.165) is 6.92 Å². The number of aromatic nitrogens is 3. The molecule has 0 atom stereocenters. The minimum absolute atomic E-state index is 0.0636. The molecule has 3 rings (SSSR count). The summed E-state index contributed by atoms with van der Waals surface area (Å²) >= 11 is 0. The van der Waals surface area contributed by atoms with Gasteiger partial charge in [0.1, 0.15) is 5.65 Å². The fourth-order valence-corrected chi connectivity index (χ4v) is 2.21. The Labute approximate surface area is 129 Å². The molecule has 0 unspecified atom stereocenters. The minimum atomic E-state index is -3.10. The Morgan fingerprint density at radius 1 is 1.43 bits per heavy atom. The number of rotatable bonds is 4. The van der Waals surface area contributed by atoms with Gasteiger partial charge in [0.05, 0.1) is 24.6 Å². The Hall–Kier alpha value is -2.77. The monoisotopic (exact) mass is 321 g/mol. The molecule has 8 heteroatoms. The third-order valence-electron chi connectivity index (χ3n) is 3.30. The van der Waals surface area contributed by atoms with Crippen LogP contribution in [0.1, 0.15) is 29.9 Å². The summed E-state index contributed by atoms with van der Waals surface area (Å²) in [6.07, 6.45) is 5.04. The van der Waals surface area contributed by atoms with E-state index in [-0.39, 0.29) is 23.6 Å². The lowest BCUT2D eigenvalue weighted by molar-refractivity contribution is 0.0170. The summed E-state index contributed by atoms with van der Waals surface area (Å²) in [5.41, 5.74) is 0.406. The maximum absolute atomic E-state index is 13.8. The predicted molar refractivity (Wildman–Crippen MR) is 76.2 cm³/mol. The molecule has 0 spiro atoms. The molecular formula is C15H13F2N3O3. The molecule has 0 aliphatic carbocycles. The van der Waals surface area contributed by atoms with Gasteiger partial charge in [0.2, 0.25) is 0 Å². The van der Waals surface area contributed by atoms with Crippen LogP contribution in [0.3, 0.4) is 0 Å². The largest absolute Gasteiger partial charge is 0.461 e. The van der Waals surface area contributed by atoms with Gasteiger partial charge in [-0.15, -0.1) is 0 Å². The van der Waals surface area contributed by atoms with Crippen molar-refractivity contribution in [2.24, 2.45) is 0 Å². The van der Waals surface area contributed by atoms with Gasteiger partial charge in [-0.2, -0.15) is 0 Å². The van der Waals surface area contributed by atoms with Crippen LogP contribution >= 0.6 is 0 Å². The van der Waals surface area contributed by atoms with Gasteiger partial charge < -0.3 is 9.15 Å². The average Bonchev–Trinajstić information content (AvgIpc) is 3.15. The molecule has 23 heavy (non-hydrogen) atoms. The fourth-order valence-electron chi connectivity index (χ4n) is 2.21. The van der Waals surface area contributed by atoms with Crippen LogP contribution in [-0.4, -0.2) is 26.9 Å². The van der Waals surface area contributed by atoms with Crippen LogP contribution in [0, 0.1) is 0 Å². The third kappa shape index (κ3) is 2.67. The number of carbonyl (C=O) groups excluding carboxylic acids is 1. The summed E-state index contributed by atoms with van der Waals surface area (Å²) in [4.78, 5) is 19.9. The standard InChI is InChI=1S/C15H13F2N3O3/c1-3-22-14(21)11-5-19-13-10(12-6-18-8-23-12)4-9(7-20(11)13)15(2,16)17/h4-8H,3H2,1-2H3. The number of carbonyl (C=O) groups is 1. The number of pyridine rings is 1. The van der Waals surface area contributed by atoms with Crippen molar-refractivity contribution >= 4 is 11.6 Å². The number of halogens is 2. The van der Waals surface area contributed by atoms with Gasteiger partial charge in [0, 0.05) is 18.7 Å². The van der Waals surface area contributed by atoms with Gasteiger partial charge >= 0.3 is 5.97 Å². The molecule has 6 nitrogen and oxygen atoms in total. The zero-order valence-electron chi connectivity index (χ0n) is 12.4. The molecule has 3 aromatic heterocycles. The first-order valence-electron chi connectivity index (χ1n) is 6.87. The highest BCUT2D eigenvalue weighted by Gasteiger charge is 2.28. The first-order chi connectivity index (χ1) is 10.9. The van der Waals surface area contributed by atoms with Crippen molar-refractivity contribution in [3.05, 3.63) is 42.3 Å². The molecule has 0 bridgehead atoms. The lowest BCUT2D eigenvalue weighted by atomic mass is 10.1. The second kappa shape index (κ2) is 5.45. The van der Waals surface area contributed by atoms with Crippen molar-refractivity contribution in [3.8, 4) is 11.3 Å². The number of alkyl halides is 2. The molecule has 0 radical (unpaired) electrons. The molecule has 3 heterocycles. The molecule has 0 aliphatic rings. The molecule has 0 fully saturated rings. The van der Waals surface area contributed by atoms with Crippen molar-refractivity contribution in [2.45, 2.75) is 19.8 Å². The maximum atomic E-state index is 13.8. The zero-order valence-corrected chi connectivity index (χ0v) is 12.4. The van der Waals surface area contributed by atoms with Crippen molar-refractivity contribution < 1.29 is 22.7 Å². The third-order valence-corrected chi connectivity index (χ3v) is 3.30. The zero-order chi connectivity index (χ0) is 16.6. The van der Waals surface area contributed by atoms with Crippen molar-refractivity contribution in [3.63, 3.8) is 0 Å². The fraction of sp³-hybridized carbons (Fsp3) is 0.267. The number of hydrogen-bond donors (Lipinski definition) is 0. The summed E-state index contributed by atoms with van der Waals surface area (Å²) in [5, 5.41) is 0. The Morgan fingerprint density at radius 2 is 2.22 bits per heavy atom. The number of hydrogen-bond acceptors (Lipinski definition) is 5. The van der Waals surface area contributed by atoms with E-state index in [2.05, 4.69) is 9.97 Å². The van der Waals surface area contributed by atoms with E-state index in [9.17, 15) is 13.6 Å². The summed E-state index contributed by atoms with van der Waals surface area (Å²) < 4.78 is 39.0. The normalized spacial score (nSPS) is 11.8. The van der Waals surface area contributed by atoms with Crippen LogP contribution in [0.15, 0.2) is 35.5 Å². The maximum Gasteiger partial charge on any atom is 0.356 e. The number of oxazole rings is 1. The van der Waals surface area contributed by atoms with E-state index in [1.54, 1.807) is 6.92 Å². The van der Waals surface area contributed by atoms with Gasteiger partial charge in [-0.05, 0) is 13.0 Å². The molecular weight excluding hydrogens is 308 g/mol. The van der Waals surface area contributed by atoms with Crippen LogP contribution in [-0.2, 0) is 10.7 Å². The number of fused-ring (bicyclic) bond motifs is 1. The highest BCUT2D eigenvalue weighted by Crippen LogP contribution is 2.33. The molecule has 3 aromatic rings. The highest BCUT2D eigenvalue weighted by molar-refractivity contribution is 5.90. The van der Waals surface area contributed by atoms with Crippen LogP contribution in [0.25, 0.3) is 17.0 Å². The van der Waals surface area contributed by atoms with Crippen LogP contribution in [0.4, 0.5) is 8.78 Å². The molecule has 0 saturated carbocycles. The van der Waals surface area contributed by atoms with E-state index in [1.165, 1.54) is 35.5 Å². The van der Waals surface area contributed by atoms with Crippen molar-refractivity contribution in [1.29, 1.82) is 0 Å². The number of ether oxygens (including phenoxy) is 1. The molecule has 120 valence electrons. The molecule has 0 N–H and O–H groups in total. The smallest absolute Gasteiger partial charge is 0.356 e. The Bertz CT molecular complexity index is 851. The Kier molecular flexibility index (Phi) is 3.59. The molecule has 0 amide bonds. The summed E-state index contributed by atoms with van der Waals surface area (Å²) in [6, 6.07) is 1.28. The van der Waals surface area contributed by atoms with E-state index in [1.807, 2.05) is 0 Å². The predicted octanol–water partition coefficient (Wildman–Crippen LogP) is 3.28. The van der Waals surface area contributed by atoms with E-state index >= 15 is 0 Å². The molecule has 0 aromatic carbocycles. The van der Waals surface area contributed by atoms with Gasteiger partial charge in [-0.3, -0.25) is 4.40 Å². The molecule has 0 aliphatic heterocycles.